The predicted octanol–water partition coefficient (Wildman–Crippen LogP) is 3.03. The molecule has 0 aliphatic carbocycles. The monoisotopic (exact) mass is 422 g/mol. The number of halogens is 1. The van der Waals surface area contributed by atoms with Gasteiger partial charge in [0, 0.05) is 36.9 Å². The molecule has 7 heteroatoms. The van der Waals surface area contributed by atoms with Crippen molar-refractivity contribution in [1.82, 2.24) is 10.6 Å². The molecule has 28 heavy (non-hydrogen) atoms. The lowest BCUT2D eigenvalue weighted by Crippen LogP contribution is -2.45. The predicted molar refractivity (Wildman–Crippen MR) is 113 cm³/mol. The topological polar surface area (TPSA) is 67.4 Å². The molecule has 4 rings (SSSR count). The molecule has 152 valence electrons. The van der Waals surface area contributed by atoms with E-state index in [0.717, 1.165) is 42.7 Å². The highest BCUT2D eigenvalue weighted by Crippen LogP contribution is 2.33. The molecule has 0 spiro atoms. The van der Waals surface area contributed by atoms with Crippen LogP contribution in [0.1, 0.15) is 35.6 Å². The van der Waals surface area contributed by atoms with Gasteiger partial charge in [-0.3, -0.25) is 0 Å². The van der Waals surface area contributed by atoms with Gasteiger partial charge < -0.3 is 15.4 Å². The summed E-state index contributed by atoms with van der Waals surface area (Å²) < 4.78 is 29.9. The minimum absolute atomic E-state index is 0. The Balaban J connectivity index is 0.00000225. The molecule has 0 unspecified atom stereocenters. The third-order valence-electron chi connectivity index (χ3n) is 5.43. The first-order valence-electron chi connectivity index (χ1n) is 9.53. The van der Waals surface area contributed by atoms with E-state index in [2.05, 4.69) is 34.9 Å². The van der Waals surface area contributed by atoms with E-state index in [0.29, 0.717) is 24.1 Å². The SMILES string of the molecule is CS(=O)(=O)c1cc2c(c(CN[C@H]3CCCN[C@H]3c3ccccc3)c1)OCC2.Cl. The lowest BCUT2D eigenvalue weighted by Gasteiger charge is -2.34. The van der Waals surface area contributed by atoms with Gasteiger partial charge in [-0.2, -0.15) is 0 Å². The number of hydrogen-bond acceptors (Lipinski definition) is 5. The molecule has 0 saturated carbocycles. The van der Waals surface area contributed by atoms with Crippen LogP contribution in [0.15, 0.2) is 47.4 Å². The van der Waals surface area contributed by atoms with Gasteiger partial charge in [-0.15, -0.1) is 12.4 Å². The fourth-order valence-corrected chi connectivity index (χ4v) is 4.77. The number of hydrogen-bond donors (Lipinski definition) is 2. The summed E-state index contributed by atoms with van der Waals surface area (Å²) in [7, 11) is -3.24. The Bertz CT molecular complexity index is 919. The molecule has 2 heterocycles. The zero-order chi connectivity index (χ0) is 18.9. The van der Waals surface area contributed by atoms with Gasteiger partial charge in [0.1, 0.15) is 5.75 Å². The van der Waals surface area contributed by atoms with Gasteiger partial charge in [0.05, 0.1) is 11.5 Å². The average Bonchev–Trinajstić information content (AvgIpc) is 3.15. The maximum absolute atomic E-state index is 12.1. The average molecular weight is 423 g/mol. The molecule has 1 fully saturated rings. The molecule has 1 saturated heterocycles. The summed E-state index contributed by atoms with van der Waals surface area (Å²) in [6, 6.07) is 14.6. The lowest BCUT2D eigenvalue weighted by molar-refractivity contribution is 0.301. The largest absolute Gasteiger partial charge is 0.493 e. The van der Waals surface area contributed by atoms with Crippen molar-refractivity contribution in [3.8, 4) is 5.75 Å². The van der Waals surface area contributed by atoms with Crippen LogP contribution < -0.4 is 15.4 Å². The fraction of sp³-hybridized carbons (Fsp3) is 0.429. The Morgan fingerprint density at radius 1 is 1.21 bits per heavy atom. The second-order valence-corrected chi connectivity index (χ2v) is 9.43. The zero-order valence-electron chi connectivity index (χ0n) is 16.0. The molecule has 5 nitrogen and oxygen atoms in total. The quantitative estimate of drug-likeness (QED) is 0.775. The first-order chi connectivity index (χ1) is 13.0. The van der Waals surface area contributed by atoms with E-state index in [1.165, 1.54) is 11.8 Å². The Morgan fingerprint density at radius 2 is 2.00 bits per heavy atom. The summed E-state index contributed by atoms with van der Waals surface area (Å²) in [6.07, 6.45) is 4.24. The van der Waals surface area contributed by atoms with Crippen molar-refractivity contribution in [2.75, 3.05) is 19.4 Å². The van der Waals surface area contributed by atoms with Crippen LogP contribution >= 0.6 is 12.4 Å². The second kappa shape index (κ2) is 8.82. The molecule has 0 bridgehead atoms. The van der Waals surface area contributed by atoms with Crippen molar-refractivity contribution >= 4 is 22.2 Å². The van der Waals surface area contributed by atoms with E-state index in [9.17, 15) is 8.42 Å². The van der Waals surface area contributed by atoms with Crippen LogP contribution in [0.25, 0.3) is 0 Å². The van der Waals surface area contributed by atoms with Crippen molar-refractivity contribution in [2.45, 2.75) is 42.8 Å². The number of piperidine rings is 1. The summed E-state index contributed by atoms with van der Waals surface area (Å²) in [6.45, 7) is 2.23. The fourth-order valence-electron chi connectivity index (χ4n) is 4.06. The van der Waals surface area contributed by atoms with Crippen molar-refractivity contribution < 1.29 is 13.2 Å². The van der Waals surface area contributed by atoms with E-state index < -0.39 is 9.84 Å². The highest BCUT2D eigenvalue weighted by Gasteiger charge is 2.27. The van der Waals surface area contributed by atoms with Crippen LogP contribution in [0, 0.1) is 0 Å². The summed E-state index contributed by atoms with van der Waals surface area (Å²) in [4.78, 5) is 0.380. The zero-order valence-corrected chi connectivity index (χ0v) is 17.6. The summed E-state index contributed by atoms with van der Waals surface area (Å²) in [5, 5.41) is 7.28. The van der Waals surface area contributed by atoms with Gasteiger partial charge in [-0.25, -0.2) is 8.42 Å². The molecule has 2 atom stereocenters. The number of ether oxygens (including phenoxy) is 1. The second-order valence-electron chi connectivity index (χ2n) is 7.41. The number of sulfone groups is 1. The van der Waals surface area contributed by atoms with E-state index in [-0.39, 0.29) is 18.4 Å². The minimum Gasteiger partial charge on any atom is -0.493 e. The molecule has 0 aromatic heterocycles. The first kappa shape index (κ1) is 21.1. The van der Waals surface area contributed by atoms with Crippen molar-refractivity contribution in [3.05, 3.63) is 59.2 Å². The maximum atomic E-state index is 12.1. The molecular formula is C21H27ClN2O3S. The number of fused-ring (bicyclic) bond motifs is 1. The maximum Gasteiger partial charge on any atom is 0.175 e. The van der Waals surface area contributed by atoms with Crippen LogP contribution in [0.3, 0.4) is 0 Å². The summed E-state index contributed by atoms with van der Waals surface area (Å²) in [5.74, 6) is 0.856. The Hall–Kier alpha value is -1.60. The number of benzene rings is 2. The standard InChI is InChI=1S/C21H26N2O3S.ClH/c1-27(24,25)18-12-16-9-11-26-21(16)17(13-18)14-23-19-8-5-10-22-20(19)15-6-3-2-4-7-15;/h2-4,6-7,12-13,19-20,22-23H,5,8-11,14H2,1H3;1H/t19-,20-;/m0./s1. The van der Waals surface area contributed by atoms with E-state index in [1.54, 1.807) is 12.1 Å². The Morgan fingerprint density at radius 3 is 2.75 bits per heavy atom. The molecule has 2 aromatic rings. The molecule has 0 radical (unpaired) electrons. The van der Waals surface area contributed by atoms with E-state index in [1.807, 2.05) is 6.07 Å². The van der Waals surface area contributed by atoms with Gasteiger partial charge in [0.2, 0.25) is 0 Å². The minimum atomic E-state index is -3.24. The Kier molecular flexibility index (Phi) is 6.65. The Labute approximate surface area is 173 Å². The van der Waals surface area contributed by atoms with Crippen molar-refractivity contribution in [1.29, 1.82) is 0 Å². The molecule has 2 aliphatic heterocycles. The molecule has 2 aliphatic rings. The van der Waals surface area contributed by atoms with Crippen molar-refractivity contribution in [2.24, 2.45) is 0 Å². The molecular weight excluding hydrogens is 396 g/mol. The summed E-state index contributed by atoms with van der Waals surface area (Å²) >= 11 is 0. The van der Waals surface area contributed by atoms with Gasteiger partial charge >= 0.3 is 0 Å². The van der Waals surface area contributed by atoms with Crippen LogP contribution in [-0.4, -0.2) is 33.9 Å². The van der Waals surface area contributed by atoms with E-state index in [4.69, 9.17) is 4.74 Å². The smallest absolute Gasteiger partial charge is 0.175 e. The highest BCUT2D eigenvalue weighted by atomic mass is 35.5. The van der Waals surface area contributed by atoms with Crippen LogP contribution in [0.2, 0.25) is 0 Å². The van der Waals surface area contributed by atoms with Gasteiger partial charge in [-0.1, -0.05) is 30.3 Å². The van der Waals surface area contributed by atoms with Crippen LogP contribution in [-0.2, 0) is 22.8 Å². The lowest BCUT2D eigenvalue weighted by atomic mass is 9.92. The van der Waals surface area contributed by atoms with Gasteiger partial charge in [0.25, 0.3) is 0 Å². The molecule has 2 aromatic carbocycles. The van der Waals surface area contributed by atoms with Gasteiger partial charge in [0.15, 0.2) is 9.84 Å². The van der Waals surface area contributed by atoms with E-state index >= 15 is 0 Å². The molecule has 0 amide bonds. The normalized spacial score (nSPS) is 21.5. The van der Waals surface area contributed by atoms with Gasteiger partial charge in [-0.05, 0) is 42.6 Å². The molecule has 2 N–H and O–H groups in total. The summed E-state index contributed by atoms with van der Waals surface area (Å²) in [5.41, 5.74) is 3.21. The third-order valence-corrected chi connectivity index (χ3v) is 6.53. The number of rotatable bonds is 5. The van der Waals surface area contributed by atoms with Crippen molar-refractivity contribution in [3.63, 3.8) is 0 Å². The van der Waals surface area contributed by atoms with Crippen LogP contribution in [0.5, 0.6) is 5.75 Å². The number of nitrogens with one attached hydrogen (secondary N) is 2. The third kappa shape index (κ3) is 4.51. The highest BCUT2D eigenvalue weighted by molar-refractivity contribution is 7.90. The van der Waals surface area contributed by atoms with Crippen LogP contribution in [0.4, 0.5) is 0 Å². The first-order valence-corrected chi connectivity index (χ1v) is 11.4.